The van der Waals surface area contributed by atoms with Gasteiger partial charge in [0.25, 0.3) is 11.8 Å². The minimum atomic E-state index is -0.0588. The monoisotopic (exact) mass is 403 g/mol. The lowest BCUT2D eigenvalue weighted by molar-refractivity contribution is 0.0535. The summed E-state index contributed by atoms with van der Waals surface area (Å²) in [5.74, 6) is 1.18. The van der Waals surface area contributed by atoms with Gasteiger partial charge < -0.3 is 23.8 Å². The number of piperazine rings is 1. The van der Waals surface area contributed by atoms with Crippen LogP contribution in [0.4, 0.5) is 0 Å². The fraction of sp³-hybridized carbons (Fsp3) is 0.217. The van der Waals surface area contributed by atoms with Crippen LogP contribution >= 0.6 is 0 Å². The fourth-order valence-corrected chi connectivity index (χ4v) is 3.79. The van der Waals surface area contributed by atoms with Gasteiger partial charge in [-0.2, -0.15) is 0 Å². The van der Waals surface area contributed by atoms with Crippen LogP contribution in [0.25, 0.3) is 5.69 Å². The summed E-state index contributed by atoms with van der Waals surface area (Å²) in [5.41, 5.74) is 2.23. The summed E-state index contributed by atoms with van der Waals surface area (Å²) in [6.45, 7) is 2.20. The molecule has 0 unspecified atom stereocenters. The molecule has 3 aromatic rings. The molecule has 1 saturated heterocycles. The zero-order chi connectivity index (χ0) is 20.5. The number of fused-ring (bicyclic) bond motifs is 1. The van der Waals surface area contributed by atoms with Gasteiger partial charge in [-0.15, -0.1) is 0 Å². The normalized spacial score (nSPS) is 15.3. The van der Waals surface area contributed by atoms with Crippen molar-refractivity contribution in [1.29, 1.82) is 0 Å². The first-order chi connectivity index (χ1) is 14.7. The molecule has 2 aliphatic rings. The lowest BCUT2D eigenvalue weighted by atomic mass is 10.1. The zero-order valence-corrected chi connectivity index (χ0v) is 16.4. The van der Waals surface area contributed by atoms with Crippen LogP contribution in [-0.2, 0) is 0 Å². The van der Waals surface area contributed by atoms with Crippen LogP contribution in [-0.4, -0.2) is 59.2 Å². The Hall–Kier alpha value is -3.74. The molecule has 152 valence electrons. The van der Waals surface area contributed by atoms with Crippen LogP contribution in [0, 0.1) is 0 Å². The summed E-state index contributed by atoms with van der Waals surface area (Å²) in [4.78, 5) is 29.3. The molecule has 2 aromatic carbocycles. The first-order valence-corrected chi connectivity index (χ1v) is 9.91. The number of nitrogens with zero attached hydrogens (tertiary/aromatic N) is 3. The molecule has 5 rings (SSSR count). The number of carbonyl (C=O) groups excluding carboxylic acids is 2. The Bertz CT molecular complexity index is 1070. The van der Waals surface area contributed by atoms with Crippen molar-refractivity contribution in [2.45, 2.75) is 0 Å². The molecule has 1 fully saturated rings. The number of ether oxygens (including phenoxy) is 2. The second-order valence-corrected chi connectivity index (χ2v) is 7.29. The van der Waals surface area contributed by atoms with E-state index in [9.17, 15) is 9.59 Å². The highest BCUT2D eigenvalue weighted by Crippen LogP contribution is 2.32. The molecule has 0 saturated carbocycles. The molecule has 0 N–H and O–H groups in total. The number of aromatic nitrogens is 1. The average Bonchev–Trinajstić information content (AvgIpc) is 3.50. The highest BCUT2D eigenvalue weighted by Gasteiger charge is 2.26. The molecule has 0 atom stereocenters. The number of carbonyl (C=O) groups is 2. The minimum absolute atomic E-state index is 0.00997. The molecule has 3 heterocycles. The predicted molar refractivity (Wildman–Crippen MR) is 110 cm³/mol. The molecular weight excluding hydrogens is 382 g/mol. The highest BCUT2D eigenvalue weighted by molar-refractivity contribution is 5.96. The van der Waals surface area contributed by atoms with E-state index in [1.807, 2.05) is 53.4 Å². The molecule has 0 aliphatic carbocycles. The number of benzene rings is 2. The van der Waals surface area contributed by atoms with Crippen molar-refractivity contribution < 1.29 is 19.1 Å². The maximum Gasteiger partial charge on any atom is 0.254 e. The molecule has 0 spiro atoms. The molecule has 2 aliphatic heterocycles. The van der Waals surface area contributed by atoms with Crippen LogP contribution in [0.3, 0.4) is 0 Å². The molecular formula is C23H21N3O4. The van der Waals surface area contributed by atoms with Crippen molar-refractivity contribution in [1.82, 2.24) is 14.4 Å². The highest BCUT2D eigenvalue weighted by atomic mass is 16.7. The van der Waals surface area contributed by atoms with E-state index in [0.29, 0.717) is 48.8 Å². The van der Waals surface area contributed by atoms with Crippen LogP contribution in [0.5, 0.6) is 11.5 Å². The quantitative estimate of drug-likeness (QED) is 0.675. The molecule has 7 heteroatoms. The zero-order valence-electron chi connectivity index (χ0n) is 16.4. The van der Waals surface area contributed by atoms with Crippen molar-refractivity contribution in [2.24, 2.45) is 0 Å². The van der Waals surface area contributed by atoms with E-state index < -0.39 is 0 Å². The molecule has 1 aromatic heterocycles. The summed E-state index contributed by atoms with van der Waals surface area (Å²) in [5, 5.41) is 0. The smallest absolute Gasteiger partial charge is 0.254 e. The van der Waals surface area contributed by atoms with Crippen molar-refractivity contribution in [3.8, 4) is 17.2 Å². The third kappa shape index (κ3) is 3.39. The van der Waals surface area contributed by atoms with E-state index in [0.717, 1.165) is 5.69 Å². The number of hydrogen-bond donors (Lipinski definition) is 0. The summed E-state index contributed by atoms with van der Waals surface area (Å²) in [6, 6.07) is 16.7. The van der Waals surface area contributed by atoms with Gasteiger partial charge in [-0.3, -0.25) is 9.59 Å². The molecule has 0 radical (unpaired) electrons. The van der Waals surface area contributed by atoms with Gasteiger partial charge in [0.1, 0.15) is 0 Å². The minimum Gasteiger partial charge on any atom is -0.454 e. The summed E-state index contributed by atoms with van der Waals surface area (Å²) >= 11 is 0. The van der Waals surface area contributed by atoms with E-state index in [1.54, 1.807) is 28.0 Å². The lowest BCUT2D eigenvalue weighted by Gasteiger charge is -2.35. The first kappa shape index (κ1) is 18.3. The van der Waals surface area contributed by atoms with Crippen molar-refractivity contribution in [3.63, 3.8) is 0 Å². The Labute approximate surface area is 174 Å². The van der Waals surface area contributed by atoms with E-state index in [4.69, 9.17) is 9.47 Å². The van der Waals surface area contributed by atoms with Crippen LogP contribution < -0.4 is 9.47 Å². The summed E-state index contributed by atoms with van der Waals surface area (Å²) in [6.07, 6.45) is 3.93. The standard InChI is InChI=1S/C23H21N3O4/c27-22(17-3-6-19(7-4-17)24-9-1-2-10-24)25-11-13-26(14-12-25)23(28)18-5-8-20-21(15-18)30-16-29-20/h1-10,15H,11-14,16H2. The first-order valence-electron chi connectivity index (χ1n) is 9.91. The van der Waals surface area contributed by atoms with Gasteiger partial charge >= 0.3 is 0 Å². The number of hydrogen-bond acceptors (Lipinski definition) is 4. The van der Waals surface area contributed by atoms with Gasteiger partial charge in [0.05, 0.1) is 0 Å². The van der Waals surface area contributed by atoms with Gasteiger partial charge in [0, 0.05) is 55.4 Å². The third-order valence-electron chi connectivity index (χ3n) is 5.49. The molecule has 0 bridgehead atoms. The van der Waals surface area contributed by atoms with E-state index in [2.05, 4.69) is 0 Å². The molecule has 30 heavy (non-hydrogen) atoms. The van der Waals surface area contributed by atoms with Gasteiger partial charge in [-0.05, 0) is 54.6 Å². The summed E-state index contributed by atoms with van der Waals surface area (Å²) in [7, 11) is 0. The van der Waals surface area contributed by atoms with Crippen LogP contribution in [0.2, 0.25) is 0 Å². The topological polar surface area (TPSA) is 64.0 Å². The Balaban J connectivity index is 1.21. The van der Waals surface area contributed by atoms with Crippen molar-refractivity contribution in [2.75, 3.05) is 33.0 Å². The van der Waals surface area contributed by atoms with Gasteiger partial charge in [-0.25, -0.2) is 0 Å². The van der Waals surface area contributed by atoms with Gasteiger partial charge in [-0.1, -0.05) is 0 Å². The maximum absolute atomic E-state index is 12.9. The van der Waals surface area contributed by atoms with Crippen molar-refractivity contribution in [3.05, 3.63) is 78.1 Å². The second-order valence-electron chi connectivity index (χ2n) is 7.29. The maximum atomic E-state index is 12.9. The Morgan fingerprint density at radius 1 is 0.700 bits per heavy atom. The van der Waals surface area contributed by atoms with Gasteiger partial charge in [0.2, 0.25) is 6.79 Å². The summed E-state index contributed by atoms with van der Waals surface area (Å²) < 4.78 is 12.7. The Morgan fingerprint density at radius 2 is 1.27 bits per heavy atom. The average molecular weight is 403 g/mol. The van der Waals surface area contributed by atoms with E-state index in [1.165, 1.54) is 0 Å². The van der Waals surface area contributed by atoms with Crippen LogP contribution in [0.15, 0.2) is 67.0 Å². The lowest BCUT2D eigenvalue weighted by Crippen LogP contribution is -2.50. The van der Waals surface area contributed by atoms with Crippen LogP contribution in [0.1, 0.15) is 20.7 Å². The Morgan fingerprint density at radius 3 is 1.93 bits per heavy atom. The number of rotatable bonds is 3. The predicted octanol–water partition coefficient (Wildman–Crippen LogP) is 2.80. The van der Waals surface area contributed by atoms with Gasteiger partial charge in [0.15, 0.2) is 11.5 Å². The number of amides is 2. The molecule has 7 nitrogen and oxygen atoms in total. The molecule has 2 amide bonds. The Kier molecular flexibility index (Phi) is 4.63. The van der Waals surface area contributed by atoms with E-state index >= 15 is 0 Å². The third-order valence-corrected chi connectivity index (χ3v) is 5.49. The second kappa shape index (κ2) is 7.59. The SMILES string of the molecule is O=C(c1ccc(-n2cccc2)cc1)N1CCN(C(=O)c2ccc3c(c2)OCO3)CC1. The largest absolute Gasteiger partial charge is 0.454 e. The van der Waals surface area contributed by atoms with Crippen molar-refractivity contribution >= 4 is 11.8 Å². The van der Waals surface area contributed by atoms with E-state index in [-0.39, 0.29) is 18.6 Å². The fourth-order valence-electron chi connectivity index (χ4n) is 3.79.